The SMILES string of the molecule is CCCCCC/C=C\C/C=C\CCCCCCCCCC(=O)OCCCCCCCCCCC/C=C\C/C=C\CCCCCCCCCCCC(=O)NC(CO)C(O)/C=C/CCCCCCCCCCCCCCCCCC. The van der Waals surface area contributed by atoms with Crippen molar-refractivity contribution < 1.29 is 24.5 Å². The van der Waals surface area contributed by atoms with Gasteiger partial charge in [0.1, 0.15) is 0 Å². The van der Waals surface area contributed by atoms with Gasteiger partial charge in [0, 0.05) is 12.8 Å². The zero-order valence-electron chi connectivity index (χ0n) is 52.1. The topological polar surface area (TPSA) is 95.9 Å². The molecule has 1 amide bonds. The van der Waals surface area contributed by atoms with Crippen LogP contribution in [-0.4, -0.2) is 47.4 Å². The van der Waals surface area contributed by atoms with Crippen LogP contribution in [0.1, 0.15) is 361 Å². The molecule has 0 aromatic carbocycles. The van der Waals surface area contributed by atoms with Crippen molar-refractivity contribution in [3.05, 3.63) is 60.8 Å². The molecule has 2 unspecified atom stereocenters. The van der Waals surface area contributed by atoms with Crippen LogP contribution >= 0.6 is 0 Å². The summed E-state index contributed by atoms with van der Waals surface area (Å²) in [4.78, 5) is 24.6. The highest BCUT2D eigenvalue weighted by Gasteiger charge is 2.18. The van der Waals surface area contributed by atoms with E-state index in [1.54, 1.807) is 6.08 Å². The van der Waals surface area contributed by atoms with E-state index < -0.39 is 12.1 Å². The normalized spacial score (nSPS) is 12.9. The van der Waals surface area contributed by atoms with E-state index in [0.29, 0.717) is 19.4 Å². The minimum absolute atomic E-state index is 0.00107. The lowest BCUT2D eigenvalue weighted by molar-refractivity contribution is -0.143. The summed E-state index contributed by atoms with van der Waals surface area (Å²) in [5.74, 6) is -0.0714. The summed E-state index contributed by atoms with van der Waals surface area (Å²) < 4.78 is 5.49. The number of aliphatic hydroxyl groups excluding tert-OH is 2. The van der Waals surface area contributed by atoms with Gasteiger partial charge < -0.3 is 20.3 Å². The van der Waals surface area contributed by atoms with E-state index in [4.69, 9.17) is 4.74 Å². The molecule has 0 rings (SSSR count). The fraction of sp³-hybridized carbons (Fsp3) is 0.833. The largest absolute Gasteiger partial charge is 0.466 e. The molecule has 6 heteroatoms. The third-order valence-corrected chi connectivity index (χ3v) is 15.8. The average molecular weight is 1090 g/mol. The van der Waals surface area contributed by atoms with E-state index >= 15 is 0 Å². The molecular weight excluding hydrogens is 959 g/mol. The Morgan fingerprint density at radius 2 is 0.641 bits per heavy atom. The number of hydrogen-bond donors (Lipinski definition) is 3. The van der Waals surface area contributed by atoms with Crippen LogP contribution in [0.2, 0.25) is 0 Å². The predicted molar refractivity (Wildman–Crippen MR) is 342 cm³/mol. The molecular formula is C72H133NO5. The second-order valence-corrected chi connectivity index (χ2v) is 23.5. The Morgan fingerprint density at radius 3 is 0.987 bits per heavy atom. The van der Waals surface area contributed by atoms with Crippen LogP contribution in [0.3, 0.4) is 0 Å². The van der Waals surface area contributed by atoms with E-state index in [9.17, 15) is 19.8 Å². The van der Waals surface area contributed by atoms with Gasteiger partial charge in [0.2, 0.25) is 5.91 Å². The Kier molecular flexibility index (Phi) is 65.0. The number of unbranched alkanes of at least 4 members (excludes halogenated alkanes) is 45. The van der Waals surface area contributed by atoms with E-state index in [2.05, 4.69) is 67.8 Å². The summed E-state index contributed by atoms with van der Waals surface area (Å²) in [6, 6.07) is -0.634. The van der Waals surface area contributed by atoms with Crippen molar-refractivity contribution in [3.8, 4) is 0 Å². The lowest BCUT2D eigenvalue weighted by atomic mass is 10.0. The summed E-state index contributed by atoms with van der Waals surface area (Å²) in [7, 11) is 0. The number of amides is 1. The Hall–Kier alpha value is -2.44. The van der Waals surface area contributed by atoms with Crippen LogP contribution in [0.4, 0.5) is 0 Å². The highest BCUT2D eigenvalue weighted by Crippen LogP contribution is 2.17. The minimum atomic E-state index is -0.850. The molecule has 0 aliphatic rings. The molecule has 2 atom stereocenters. The summed E-state index contributed by atoms with van der Waals surface area (Å²) >= 11 is 0. The van der Waals surface area contributed by atoms with Crippen LogP contribution in [0.5, 0.6) is 0 Å². The quantitative estimate of drug-likeness (QED) is 0.0320. The molecule has 78 heavy (non-hydrogen) atoms. The molecule has 0 aromatic heterocycles. The smallest absolute Gasteiger partial charge is 0.305 e. The molecule has 0 heterocycles. The average Bonchev–Trinajstić information content (AvgIpc) is 3.44. The van der Waals surface area contributed by atoms with E-state index in [0.717, 1.165) is 57.8 Å². The van der Waals surface area contributed by atoms with Crippen molar-refractivity contribution in [2.24, 2.45) is 0 Å². The summed E-state index contributed by atoms with van der Waals surface area (Å²) in [5, 5.41) is 23.2. The number of aliphatic hydroxyl groups is 2. The van der Waals surface area contributed by atoms with Gasteiger partial charge in [-0.3, -0.25) is 9.59 Å². The molecule has 0 aromatic rings. The maximum absolute atomic E-state index is 12.5. The number of carbonyl (C=O) groups excluding carboxylic acids is 2. The fourth-order valence-corrected chi connectivity index (χ4v) is 10.5. The number of nitrogens with one attached hydrogen (secondary N) is 1. The van der Waals surface area contributed by atoms with Crippen LogP contribution in [0.25, 0.3) is 0 Å². The Labute approximate surface area is 486 Å². The molecule has 0 bridgehead atoms. The van der Waals surface area contributed by atoms with Gasteiger partial charge in [-0.2, -0.15) is 0 Å². The first-order chi connectivity index (χ1) is 38.5. The lowest BCUT2D eigenvalue weighted by Crippen LogP contribution is -2.45. The molecule has 456 valence electrons. The fourth-order valence-electron chi connectivity index (χ4n) is 10.5. The van der Waals surface area contributed by atoms with E-state index in [1.165, 1.54) is 276 Å². The Morgan fingerprint density at radius 1 is 0.359 bits per heavy atom. The number of hydrogen-bond acceptors (Lipinski definition) is 5. The Balaban J connectivity index is 3.46. The molecule has 0 spiro atoms. The molecule has 0 aliphatic heterocycles. The second-order valence-electron chi connectivity index (χ2n) is 23.5. The van der Waals surface area contributed by atoms with Crippen molar-refractivity contribution in [1.82, 2.24) is 5.32 Å². The highest BCUT2D eigenvalue weighted by molar-refractivity contribution is 5.76. The number of carbonyl (C=O) groups is 2. The molecule has 0 aliphatic carbocycles. The van der Waals surface area contributed by atoms with Crippen molar-refractivity contribution in [2.45, 2.75) is 373 Å². The third-order valence-electron chi connectivity index (χ3n) is 15.8. The maximum atomic E-state index is 12.5. The van der Waals surface area contributed by atoms with Crippen LogP contribution < -0.4 is 5.32 Å². The van der Waals surface area contributed by atoms with Crippen LogP contribution in [0, 0.1) is 0 Å². The van der Waals surface area contributed by atoms with Crippen LogP contribution in [0.15, 0.2) is 60.8 Å². The molecule has 0 saturated carbocycles. The van der Waals surface area contributed by atoms with Gasteiger partial charge in [0.05, 0.1) is 25.4 Å². The zero-order valence-corrected chi connectivity index (χ0v) is 52.1. The molecule has 0 saturated heterocycles. The maximum Gasteiger partial charge on any atom is 0.305 e. The molecule has 0 fully saturated rings. The van der Waals surface area contributed by atoms with Crippen molar-refractivity contribution >= 4 is 11.9 Å². The van der Waals surface area contributed by atoms with E-state index in [1.807, 2.05) is 6.08 Å². The first-order valence-corrected chi connectivity index (χ1v) is 34.6. The lowest BCUT2D eigenvalue weighted by Gasteiger charge is -2.20. The molecule has 0 radical (unpaired) electrons. The Bertz CT molecular complexity index is 1350. The van der Waals surface area contributed by atoms with Gasteiger partial charge in [0.15, 0.2) is 0 Å². The van der Waals surface area contributed by atoms with Crippen LogP contribution in [-0.2, 0) is 14.3 Å². The number of ether oxygens (including phenoxy) is 1. The predicted octanol–water partition coefficient (Wildman–Crippen LogP) is 22.3. The number of esters is 1. The first kappa shape index (κ1) is 75.6. The number of allylic oxidation sites excluding steroid dienone is 9. The van der Waals surface area contributed by atoms with Crippen molar-refractivity contribution in [3.63, 3.8) is 0 Å². The first-order valence-electron chi connectivity index (χ1n) is 34.6. The zero-order chi connectivity index (χ0) is 56.4. The summed E-state index contributed by atoms with van der Waals surface area (Å²) in [6.07, 6.45) is 88.5. The van der Waals surface area contributed by atoms with Gasteiger partial charge in [0.25, 0.3) is 0 Å². The molecule has 3 N–H and O–H groups in total. The van der Waals surface area contributed by atoms with Crippen molar-refractivity contribution in [1.29, 1.82) is 0 Å². The molecule has 6 nitrogen and oxygen atoms in total. The standard InChI is InChI=1S/C72H133NO5/c1-3-5-7-9-11-13-15-17-19-21-32-36-40-44-48-52-56-60-64-70(75)69(68-74)73-71(76)65-61-57-53-49-45-41-37-33-30-28-26-24-23-25-27-29-31-35-39-43-47-51-55-59-63-67-78-72(77)66-62-58-54-50-46-42-38-34-22-20-18-16-14-12-10-8-6-4-2/h14,16,20,22,24-27,60,64,69-70,74-75H,3-13,15,17-19,21,23,28-59,61-63,65-68H2,1-2H3,(H,73,76)/b16-14-,22-20-,26-24-,27-25-,64-60+. The summed E-state index contributed by atoms with van der Waals surface area (Å²) in [5.41, 5.74) is 0. The summed E-state index contributed by atoms with van der Waals surface area (Å²) in [6.45, 7) is 4.90. The van der Waals surface area contributed by atoms with Gasteiger partial charge in [-0.05, 0) is 96.3 Å². The van der Waals surface area contributed by atoms with Gasteiger partial charge in [-0.25, -0.2) is 0 Å². The number of rotatable bonds is 64. The third kappa shape index (κ3) is 62.8. The second kappa shape index (κ2) is 67.1. The highest BCUT2D eigenvalue weighted by atomic mass is 16.5. The van der Waals surface area contributed by atoms with Gasteiger partial charge in [-0.15, -0.1) is 0 Å². The van der Waals surface area contributed by atoms with Gasteiger partial charge >= 0.3 is 5.97 Å². The van der Waals surface area contributed by atoms with E-state index in [-0.39, 0.29) is 18.5 Å². The monoisotopic (exact) mass is 1090 g/mol. The minimum Gasteiger partial charge on any atom is -0.466 e. The van der Waals surface area contributed by atoms with Gasteiger partial charge in [-0.1, -0.05) is 312 Å². The van der Waals surface area contributed by atoms with Crippen molar-refractivity contribution in [2.75, 3.05) is 13.2 Å².